The lowest BCUT2D eigenvalue weighted by molar-refractivity contribution is -0.135. The molecule has 1 atom stereocenters. The van der Waals surface area contributed by atoms with Crippen molar-refractivity contribution in [2.75, 3.05) is 11.9 Å². The summed E-state index contributed by atoms with van der Waals surface area (Å²) in [6.45, 7) is 4.26. The minimum atomic E-state index is -0.297. The van der Waals surface area contributed by atoms with Crippen molar-refractivity contribution in [3.05, 3.63) is 83.5 Å². The quantitative estimate of drug-likeness (QED) is 0.394. The van der Waals surface area contributed by atoms with Crippen molar-refractivity contribution in [1.29, 1.82) is 0 Å². The first-order valence-electron chi connectivity index (χ1n) is 11.8. The average molecular weight is 506 g/mol. The predicted octanol–water partition coefficient (Wildman–Crippen LogP) is 3.63. The minimum Gasteiger partial charge on any atom is -0.347 e. The van der Waals surface area contributed by atoms with Gasteiger partial charge in [-0.3, -0.25) is 10.1 Å². The summed E-state index contributed by atoms with van der Waals surface area (Å²) in [5.74, 6) is 1.42. The lowest BCUT2D eigenvalue weighted by Crippen LogP contribution is -2.51. The molecule has 0 unspecified atom stereocenters. The molecular weight excluding hydrogens is 477 g/mol. The lowest BCUT2D eigenvalue weighted by Gasteiger charge is -2.33. The number of nitrogens with one attached hydrogen (secondary N) is 3. The SMILES string of the molecule is Cc1ccc(Nc2c(-c3ccc(F)cc3)nc3n2CCN(C(=O)[C@@H]2Cc4nc[nH]c4CN2)C3)cc1.S. The topological polar surface area (TPSA) is 90.9 Å². The molecule has 0 saturated heterocycles. The van der Waals surface area contributed by atoms with Gasteiger partial charge in [-0.05, 0) is 43.3 Å². The largest absolute Gasteiger partial charge is 0.347 e. The molecule has 36 heavy (non-hydrogen) atoms. The molecule has 3 N–H and O–H groups in total. The molecule has 0 fully saturated rings. The van der Waals surface area contributed by atoms with Gasteiger partial charge in [-0.25, -0.2) is 14.4 Å². The second-order valence-electron chi connectivity index (χ2n) is 9.10. The van der Waals surface area contributed by atoms with Gasteiger partial charge in [0.25, 0.3) is 0 Å². The molecule has 4 aromatic rings. The van der Waals surface area contributed by atoms with Gasteiger partial charge >= 0.3 is 0 Å². The van der Waals surface area contributed by atoms with Gasteiger partial charge in [0.2, 0.25) is 5.91 Å². The number of aryl methyl sites for hydroxylation is 1. The third kappa shape index (κ3) is 4.49. The number of hydrogen-bond donors (Lipinski definition) is 3. The Balaban J connectivity index is 0.00000267. The summed E-state index contributed by atoms with van der Waals surface area (Å²) in [4.78, 5) is 27.6. The number of fused-ring (bicyclic) bond motifs is 2. The Kier molecular flexibility index (Phi) is 6.55. The van der Waals surface area contributed by atoms with Crippen LogP contribution in [0.1, 0.15) is 22.8 Å². The van der Waals surface area contributed by atoms with Gasteiger partial charge in [0.15, 0.2) is 0 Å². The zero-order valence-corrected chi connectivity index (χ0v) is 20.9. The molecule has 0 spiro atoms. The summed E-state index contributed by atoms with van der Waals surface area (Å²) in [5, 5.41) is 6.85. The van der Waals surface area contributed by atoms with E-state index in [-0.39, 0.29) is 31.3 Å². The molecule has 4 heterocycles. The highest BCUT2D eigenvalue weighted by Gasteiger charge is 2.33. The van der Waals surface area contributed by atoms with Crippen molar-refractivity contribution >= 4 is 30.9 Å². The van der Waals surface area contributed by atoms with E-state index in [0.29, 0.717) is 32.6 Å². The van der Waals surface area contributed by atoms with Crippen LogP contribution in [-0.4, -0.2) is 42.9 Å². The van der Waals surface area contributed by atoms with Gasteiger partial charge in [-0.1, -0.05) is 17.7 Å². The fourth-order valence-electron chi connectivity index (χ4n) is 4.79. The molecule has 186 valence electrons. The summed E-state index contributed by atoms with van der Waals surface area (Å²) >= 11 is 0. The summed E-state index contributed by atoms with van der Waals surface area (Å²) in [7, 11) is 0. The Morgan fingerprint density at radius 1 is 1.11 bits per heavy atom. The monoisotopic (exact) mass is 505 g/mol. The van der Waals surface area contributed by atoms with Crippen molar-refractivity contribution in [3.8, 4) is 11.3 Å². The van der Waals surface area contributed by atoms with Gasteiger partial charge in [-0.15, -0.1) is 0 Å². The van der Waals surface area contributed by atoms with Crippen LogP contribution < -0.4 is 10.6 Å². The molecule has 10 heteroatoms. The van der Waals surface area contributed by atoms with E-state index in [1.165, 1.54) is 17.7 Å². The maximum atomic E-state index is 13.6. The first-order chi connectivity index (χ1) is 17.0. The van der Waals surface area contributed by atoms with Crippen molar-refractivity contribution in [2.45, 2.75) is 39.0 Å². The van der Waals surface area contributed by atoms with Crippen LogP contribution in [0.15, 0.2) is 54.9 Å². The van der Waals surface area contributed by atoms with Crippen molar-refractivity contribution in [1.82, 2.24) is 29.7 Å². The van der Waals surface area contributed by atoms with Crippen LogP contribution in [0, 0.1) is 12.7 Å². The molecule has 8 nitrogen and oxygen atoms in total. The van der Waals surface area contributed by atoms with Gasteiger partial charge in [0.05, 0.1) is 30.3 Å². The Bertz CT molecular complexity index is 1380. The summed E-state index contributed by atoms with van der Waals surface area (Å²) in [6, 6.07) is 14.2. The molecule has 2 aromatic carbocycles. The van der Waals surface area contributed by atoms with E-state index in [0.717, 1.165) is 40.0 Å². The summed E-state index contributed by atoms with van der Waals surface area (Å²) in [5.41, 5.74) is 5.67. The number of benzene rings is 2. The number of anilines is 2. The van der Waals surface area contributed by atoms with Gasteiger partial charge in [0.1, 0.15) is 23.2 Å². The van der Waals surface area contributed by atoms with E-state index in [1.807, 2.05) is 24.0 Å². The van der Waals surface area contributed by atoms with Crippen molar-refractivity contribution < 1.29 is 9.18 Å². The van der Waals surface area contributed by atoms with Crippen LogP contribution in [0.3, 0.4) is 0 Å². The Labute approximate surface area is 215 Å². The summed E-state index contributed by atoms with van der Waals surface area (Å²) in [6.07, 6.45) is 2.25. The molecule has 0 saturated carbocycles. The number of nitrogens with zero attached hydrogens (tertiary/aromatic N) is 4. The Morgan fingerprint density at radius 3 is 2.67 bits per heavy atom. The average Bonchev–Trinajstić information content (AvgIpc) is 3.49. The number of rotatable bonds is 4. The summed E-state index contributed by atoms with van der Waals surface area (Å²) < 4.78 is 15.7. The van der Waals surface area contributed by atoms with E-state index in [1.54, 1.807) is 18.5 Å². The molecule has 6 rings (SSSR count). The molecular formula is C26H28FN7OS. The zero-order valence-electron chi connectivity index (χ0n) is 19.9. The van der Waals surface area contributed by atoms with Crippen LogP contribution in [0.4, 0.5) is 15.9 Å². The molecule has 2 aromatic heterocycles. The van der Waals surface area contributed by atoms with Crippen LogP contribution >= 0.6 is 13.5 Å². The third-order valence-electron chi connectivity index (χ3n) is 6.74. The fraction of sp³-hybridized carbons (Fsp3) is 0.269. The first kappa shape index (κ1) is 24.1. The zero-order chi connectivity index (χ0) is 23.9. The van der Waals surface area contributed by atoms with Crippen molar-refractivity contribution in [2.24, 2.45) is 0 Å². The number of aromatic amines is 1. The van der Waals surface area contributed by atoms with E-state index < -0.39 is 0 Å². The Hall–Kier alpha value is -3.63. The molecule has 0 bridgehead atoms. The van der Waals surface area contributed by atoms with Gasteiger partial charge in [0, 0.05) is 37.3 Å². The van der Waals surface area contributed by atoms with E-state index >= 15 is 0 Å². The second-order valence-corrected chi connectivity index (χ2v) is 9.10. The predicted molar refractivity (Wildman–Crippen MR) is 141 cm³/mol. The van der Waals surface area contributed by atoms with E-state index in [4.69, 9.17) is 4.98 Å². The number of H-pyrrole nitrogens is 1. The molecule has 2 aliphatic rings. The molecule has 0 radical (unpaired) electrons. The number of hydrogen-bond acceptors (Lipinski definition) is 5. The number of aromatic nitrogens is 4. The van der Waals surface area contributed by atoms with Gasteiger partial charge in [-0.2, -0.15) is 13.5 Å². The van der Waals surface area contributed by atoms with E-state index in [9.17, 15) is 9.18 Å². The van der Waals surface area contributed by atoms with E-state index in [2.05, 4.69) is 37.3 Å². The van der Waals surface area contributed by atoms with Crippen LogP contribution in [0.25, 0.3) is 11.3 Å². The van der Waals surface area contributed by atoms with Crippen molar-refractivity contribution in [3.63, 3.8) is 0 Å². The normalized spacial score (nSPS) is 16.6. The number of carbonyl (C=O) groups is 1. The standard InChI is InChI=1S/C26H26FN7O.H2S/c1-16-2-8-19(9-3-16)31-25-24(17-4-6-18(27)7-5-17)32-23-14-33(10-11-34(23)25)26(35)21-12-20-22(13-28-21)30-15-29-20;/h2-9,15,21,28,31H,10-14H2,1H3,(H,29,30);1H2/t21-;/m0./s1. The second kappa shape index (κ2) is 9.79. The van der Waals surface area contributed by atoms with Crippen LogP contribution in [0.2, 0.25) is 0 Å². The maximum Gasteiger partial charge on any atom is 0.240 e. The maximum absolute atomic E-state index is 13.6. The third-order valence-corrected chi connectivity index (χ3v) is 6.74. The lowest BCUT2D eigenvalue weighted by atomic mass is 10.0. The highest BCUT2D eigenvalue weighted by molar-refractivity contribution is 7.59. The van der Waals surface area contributed by atoms with Gasteiger partial charge < -0.3 is 19.8 Å². The smallest absolute Gasteiger partial charge is 0.240 e. The number of halogens is 1. The molecule has 1 amide bonds. The number of imidazole rings is 2. The highest BCUT2D eigenvalue weighted by atomic mass is 32.1. The highest BCUT2D eigenvalue weighted by Crippen LogP contribution is 2.33. The number of carbonyl (C=O) groups excluding carboxylic acids is 1. The molecule has 0 aliphatic carbocycles. The minimum absolute atomic E-state index is 0. The fourth-order valence-corrected chi connectivity index (χ4v) is 4.79. The van der Waals surface area contributed by atoms with Crippen LogP contribution in [0.5, 0.6) is 0 Å². The number of amides is 1. The van der Waals surface area contributed by atoms with Crippen LogP contribution in [-0.2, 0) is 30.8 Å². The first-order valence-corrected chi connectivity index (χ1v) is 11.8. The Morgan fingerprint density at radius 2 is 1.89 bits per heavy atom. The molecule has 2 aliphatic heterocycles.